The van der Waals surface area contributed by atoms with Crippen LogP contribution in [0.3, 0.4) is 0 Å². The number of rotatable bonds is 4. The van der Waals surface area contributed by atoms with Crippen molar-refractivity contribution in [2.24, 2.45) is 23.2 Å². The Hall–Kier alpha value is -1.10. The van der Waals surface area contributed by atoms with Crippen LogP contribution in [-0.2, 0) is 14.3 Å². The molecule has 5 aliphatic rings. The molecule has 1 N–H and O–H groups in total. The predicted octanol–water partition coefficient (Wildman–Crippen LogP) is 2.29. The first-order valence-electron chi connectivity index (χ1n) is 9.12. The molecule has 5 nitrogen and oxygen atoms in total. The molecule has 1 aliphatic heterocycles. The van der Waals surface area contributed by atoms with E-state index in [9.17, 15) is 9.59 Å². The Labute approximate surface area is 137 Å². The summed E-state index contributed by atoms with van der Waals surface area (Å²) in [6, 6.07) is 0. The zero-order valence-corrected chi connectivity index (χ0v) is 13.7. The quantitative estimate of drug-likeness (QED) is 0.863. The highest BCUT2D eigenvalue weighted by molar-refractivity contribution is 5.77. The molecular formula is C18H27NO4. The summed E-state index contributed by atoms with van der Waals surface area (Å²) < 4.78 is 5.49. The maximum atomic E-state index is 12.8. The summed E-state index contributed by atoms with van der Waals surface area (Å²) in [5.41, 5.74) is 0.256. The molecule has 1 heterocycles. The SMILES string of the molecule is O=C(O)CC1CN(C(=O)CC23CC4CC(CC(C4)C2)C3)CCO1. The summed E-state index contributed by atoms with van der Waals surface area (Å²) in [7, 11) is 0. The van der Waals surface area contributed by atoms with Crippen LogP contribution < -0.4 is 0 Å². The molecule has 5 rings (SSSR count). The second-order valence-corrected chi connectivity index (χ2v) is 8.52. The third kappa shape index (κ3) is 3.12. The van der Waals surface area contributed by atoms with Gasteiger partial charge in [-0.3, -0.25) is 9.59 Å². The van der Waals surface area contributed by atoms with Gasteiger partial charge in [-0.15, -0.1) is 0 Å². The van der Waals surface area contributed by atoms with Crippen molar-refractivity contribution in [2.75, 3.05) is 19.7 Å². The van der Waals surface area contributed by atoms with Crippen molar-refractivity contribution in [2.45, 2.75) is 57.5 Å². The van der Waals surface area contributed by atoms with Crippen LogP contribution >= 0.6 is 0 Å². The van der Waals surface area contributed by atoms with E-state index in [1.54, 1.807) is 0 Å². The number of carboxylic acid groups (broad SMARTS) is 1. The first-order chi connectivity index (χ1) is 11.0. The van der Waals surface area contributed by atoms with Crippen molar-refractivity contribution in [1.29, 1.82) is 0 Å². The molecule has 4 bridgehead atoms. The highest BCUT2D eigenvalue weighted by Gasteiger charge is 2.51. The Kier molecular flexibility index (Phi) is 3.87. The first-order valence-corrected chi connectivity index (χ1v) is 9.12. The van der Waals surface area contributed by atoms with E-state index in [2.05, 4.69) is 0 Å². The van der Waals surface area contributed by atoms with Crippen LogP contribution in [0, 0.1) is 23.2 Å². The highest BCUT2D eigenvalue weighted by Crippen LogP contribution is 2.61. The Morgan fingerprint density at radius 1 is 1.09 bits per heavy atom. The fourth-order valence-electron chi connectivity index (χ4n) is 6.20. The number of hydrogen-bond donors (Lipinski definition) is 1. The number of ether oxygens (including phenoxy) is 1. The average Bonchev–Trinajstić information content (AvgIpc) is 2.44. The first kappa shape index (κ1) is 15.4. The smallest absolute Gasteiger partial charge is 0.306 e. The summed E-state index contributed by atoms with van der Waals surface area (Å²) in [5, 5.41) is 8.92. The number of nitrogens with zero attached hydrogens (tertiary/aromatic N) is 1. The van der Waals surface area contributed by atoms with E-state index in [0.29, 0.717) is 26.1 Å². The molecule has 1 atom stereocenters. The molecule has 0 radical (unpaired) electrons. The second-order valence-electron chi connectivity index (χ2n) is 8.52. The van der Waals surface area contributed by atoms with Gasteiger partial charge in [0.2, 0.25) is 5.91 Å². The summed E-state index contributed by atoms with van der Waals surface area (Å²) >= 11 is 0. The van der Waals surface area contributed by atoms with Crippen molar-refractivity contribution in [3.05, 3.63) is 0 Å². The largest absolute Gasteiger partial charge is 0.481 e. The zero-order chi connectivity index (χ0) is 16.0. The molecule has 1 amide bonds. The van der Waals surface area contributed by atoms with Crippen molar-refractivity contribution in [3.63, 3.8) is 0 Å². The van der Waals surface area contributed by atoms with Crippen LogP contribution in [0.5, 0.6) is 0 Å². The molecule has 0 spiro atoms. The molecule has 0 aromatic rings. The van der Waals surface area contributed by atoms with Gasteiger partial charge >= 0.3 is 5.97 Å². The topological polar surface area (TPSA) is 66.8 Å². The lowest BCUT2D eigenvalue weighted by atomic mass is 9.49. The lowest BCUT2D eigenvalue weighted by Crippen LogP contribution is -2.51. The molecule has 0 aromatic heterocycles. The minimum atomic E-state index is -0.856. The van der Waals surface area contributed by atoms with Crippen LogP contribution in [0.4, 0.5) is 0 Å². The van der Waals surface area contributed by atoms with E-state index < -0.39 is 5.97 Å². The highest BCUT2D eigenvalue weighted by atomic mass is 16.5. The number of carbonyl (C=O) groups is 2. The van der Waals surface area contributed by atoms with Gasteiger partial charge in [-0.05, 0) is 61.7 Å². The number of carboxylic acids is 1. The maximum Gasteiger partial charge on any atom is 0.306 e. The van der Waals surface area contributed by atoms with Gasteiger partial charge < -0.3 is 14.7 Å². The van der Waals surface area contributed by atoms with E-state index in [1.165, 1.54) is 38.5 Å². The molecule has 4 saturated carbocycles. The summed E-state index contributed by atoms with van der Waals surface area (Å²) in [5.74, 6) is 1.95. The van der Waals surface area contributed by atoms with Gasteiger partial charge in [0, 0.05) is 19.5 Å². The van der Waals surface area contributed by atoms with Crippen molar-refractivity contribution < 1.29 is 19.4 Å². The van der Waals surface area contributed by atoms with Gasteiger partial charge in [0.05, 0.1) is 19.1 Å². The summed E-state index contributed by atoms with van der Waals surface area (Å²) in [6.45, 7) is 1.52. The van der Waals surface area contributed by atoms with Gasteiger partial charge in [-0.2, -0.15) is 0 Å². The number of amides is 1. The zero-order valence-electron chi connectivity index (χ0n) is 13.7. The molecule has 5 heteroatoms. The van der Waals surface area contributed by atoms with Crippen LogP contribution in [0.2, 0.25) is 0 Å². The van der Waals surface area contributed by atoms with E-state index in [4.69, 9.17) is 9.84 Å². The van der Waals surface area contributed by atoms with Crippen molar-refractivity contribution in [1.82, 2.24) is 4.90 Å². The lowest BCUT2D eigenvalue weighted by Gasteiger charge is -2.57. The normalized spacial score (nSPS) is 42.0. The number of hydrogen-bond acceptors (Lipinski definition) is 3. The van der Waals surface area contributed by atoms with Crippen LogP contribution in [0.1, 0.15) is 51.4 Å². The minimum Gasteiger partial charge on any atom is -0.481 e. The van der Waals surface area contributed by atoms with Gasteiger partial charge in [0.25, 0.3) is 0 Å². The van der Waals surface area contributed by atoms with Gasteiger partial charge in [0.15, 0.2) is 0 Å². The second kappa shape index (κ2) is 5.76. The van der Waals surface area contributed by atoms with Crippen LogP contribution in [0.15, 0.2) is 0 Å². The maximum absolute atomic E-state index is 12.8. The number of aliphatic carboxylic acids is 1. The van der Waals surface area contributed by atoms with Crippen LogP contribution in [-0.4, -0.2) is 47.7 Å². The molecule has 1 unspecified atom stereocenters. The molecule has 1 saturated heterocycles. The van der Waals surface area contributed by atoms with E-state index in [0.717, 1.165) is 17.8 Å². The molecule has 4 aliphatic carbocycles. The number of morpholine rings is 1. The fourth-order valence-corrected chi connectivity index (χ4v) is 6.20. The molecular weight excluding hydrogens is 294 g/mol. The lowest BCUT2D eigenvalue weighted by molar-refractivity contribution is -0.151. The third-order valence-electron chi connectivity index (χ3n) is 6.59. The standard InChI is InChI=1S/C18H27NO4/c20-16(19-1-2-23-15(11-19)6-17(21)22)10-18-7-12-3-13(8-18)5-14(4-12)9-18/h12-15H,1-11H2,(H,21,22). The Morgan fingerprint density at radius 2 is 1.70 bits per heavy atom. The molecule has 128 valence electrons. The molecule has 23 heavy (non-hydrogen) atoms. The fraction of sp³-hybridized carbons (Fsp3) is 0.889. The average molecular weight is 321 g/mol. The monoisotopic (exact) mass is 321 g/mol. The predicted molar refractivity (Wildman–Crippen MR) is 83.8 cm³/mol. The van der Waals surface area contributed by atoms with Gasteiger partial charge in [0.1, 0.15) is 0 Å². The Bertz CT molecular complexity index is 468. The van der Waals surface area contributed by atoms with Crippen molar-refractivity contribution >= 4 is 11.9 Å². The van der Waals surface area contributed by atoms with E-state index in [-0.39, 0.29) is 23.8 Å². The minimum absolute atomic E-state index is 0.0128. The molecule has 5 fully saturated rings. The van der Waals surface area contributed by atoms with E-state index >= 15 is 0 Å². The summed E-state index contributed by atoms with van der Waals surface area (Å²) in [4.78, 5) is 25.6. The van der Waals surface area contributed by atoms with E-state index in [1.807, 2.05) is 4.90 Å². The van der Waals surface area contributed by atoms with Crippen LogP contribution in [0.25, 0.3) is 0 Å². The Balaban J connectivity index is 1.39. The van der Waals surface area contributed by atoms with Crippen molar-refractivity contribution in [3.8, 4) is 0 Å². The number of carbonyl (C=O) groups excluding carboxylic acids is 1. The van der Waals surface area contributed by atoms with Gasteiger partial charge in [-0.1, -0.05) is 0 Å². The van der Waals surface area contributed by atoms with Gasteiger partial charge in [-0.25, -0.2) is 0 Å². The Morgan fingerprint density at radius 3 is 2.26 bits per heavy atom. The molecule has 0 aromatic carbocycles. The summed E-state index contributed by atoms with van der Waals surface area (Å²) in [6.07, 6.45) is 8.23. The third-order valence-corrected chi connectivity index (χ3v) is 6.59.